The van der Waals surface area contributed by atoms with Crippen molar-refractivity contribution in [1.82, 2.24) is 4.31 Å². The second-order valence-corrected chi connectivity index (χ2v) is 8.81. The summed E-state index contributed by atoms with van der Waals surface area (Å²) in [7, 11) is 1.12. The van der Waals surface area contributed by atoms with Crippen LogP contribution in [-0.4, -0.2) is 40.1 Å². The standard InChI is InChI=1S/C17H21NO5S2/c1-21-14-9-12(10-15(22-2)17(14)23-3)11-18(13-6-7-13)25(19,20)16-5-4-8-24-16/h4-5,8-10,13H,6-7,11H2,1-3H3. The third-order valence-corrected chi connectivity index (χ3v) is 7.35. The van der Waals surface area contributed by atoms with Gasteiger partial charge in [0.05, 0.1) is 21.3 Å². The smallest absolute Gasteiger partial charge is 0.253 e. The van der Waals surface area contributed by atoms with Gasteiger partial charge in [0.25, 0.3) is 10.0 Å². The van der Waals surface area contributed by atoms with Crippen LogP contribution >= 0.6 is 11.3 Å². The van der Waals surface area contributed by atoms with Crippen molar-refractivity contribution in [2.45, 2.75) is 29.6 Å². The van der Waals surface area contributed by atoms with Crippen LogP contribution in [0.1, 0.15) is 18.4 Å². The zero-order valence-corrected chi connectivity index (χ0v) is 16.0. The van der Waals surface area contributed by atoms with E-state index in [1.165, 1.54) is 18.4 Å². The molecule has 0 saturated heterocycles. The van der Waals surface area contributed by atoms with Crippen molar-refractivity contribution >= 4 is 21.4 Å². The van der Waals surface area contributed by atoms with Gasteiger partial charge in [-0.1, -0.05) is 6.07 Å². The molecule has 1 aliphatic carbocycles. The molecular formula is C17H21NO5S2. The maximum Gasteiger partial charge on any atom is 0.253 e. The van der Waals surface area contributed by atoms with Crippen LogP contribution in [0.3, 0.4) is 0 Å². The van der Waals surface area contributed by atoms with Crippen molar-refractivity contribution in [3.05, 3.63) is 35.2 Å². The summed E-state index contributed by atoms with van der Waals surface area (Å²) in [5.74, 6) is 1.52. The van der Waals surface area contributed by atoms with Gasteiger partial charge in [-0.2, -0.15) is 4.31 Å². The summed E-state index contributed by atoms with van der Waals surface area (Å²) in [6.07, 6.45) is 1.77. The van der Waals surface area contributed by atoms with Gasteiger partial charge in [-0.15, -0.1) is 11.3 Å². The lowest BCUT2D eigenvalue weighted by atomic mass is 10.1. The lowest BCUT2D eigenvalue weighted by Gasteiger charge is -2.22. The Kier molecular flexibility index (Phi) is 5.21. The fourth-order valence-corrected chi connectivity index (χ4v) is 5.50. The molecule has 136 valence electrons. The van der Waals surface area contributed by atoms with Gasteiger partial charge >= 0.3 is 0 Å². The number of rotatable bonds is 8. The second-order valence-electron chi connectivity index (χ2n) is 5.75. The molecule has 0 atom stereocenters. The zero-order valence-electron chi connectivity index (χ0n) is 14.4. The molecule has 0 amide bonds. The third-order valence-electron chi connectivity index (χ3n) is 4.08. The van der Waals surface area contributed by atoms with Crippen LogP contribution in [0.2, 0.25) is 0 Å². The number of hydrogen-bond donors (Lipinski definition) is 0. The lowest BCUT2D eigenvalue weighted by molar-refractivity contribution is 0.322. The van der Waals surface area contributed by atoms with Gasteiger partial charge in [0.15, 0.2) is 11.5 Å². The van der Waals surface area contributed by atoms with E-state index in [9.17, 15) is 8.42 Å². The quantitative estimate of drug-likeness (QED) is 0.701. The predicted octanol–water partition coefficient (Wildman–Crippen LogP) is 3.13. The maximum absolute atomic E-state index is 13.0. The second kappa shape index (κ2) is 7.23. The molecule has 0 unspecified atom stereocenters. The van der Waals surface area contributed by atoms with E-state index in [2.05, 4.69) is 0 Å². The number of thiophene rings is 1. The Morgan fingerprint density at radius 2 is 1.76 bits per heavy atom. The van der Waals surface area contributed by atoms with E-state index in [-0.39, 0.29) is 12.6 Å². The largest absolute Gasteiger partial charge is 0.493 e. The van der Waals surface area contributed by atoms with Crippen LogP contribution in [-0.2, 0) is 16.6 Å². The number of benzene rings is 1. The predicted molar refractivity (Wildman–Crippen MR) is 96.2 cm³/mol. The van der Waals surface area contributed by atoms with E-state index < -0.39 is 10.0 Å². The van der Waals surface area contributed by atoms with Crippen LogP contribution < -0.4 is 14.2 Å². The van der Waals surface area contributed by atoms with Crippen molar-refractivity contribution in [1.29, 1.82) is 0 Å². The average Bonchev–Trinajstić information content (AvgIpc) is 3.29. The van der Waals surface area contributed by atoms with Crippen molar-refractivity contribution < 1.29 is 22.6 Å². The summed E-state index contributed by atoms with van der Waals surface area (Å²) >= 11 is 1.24. The highest BCUT2D eigenvalue weighted by Gasteiger charge is 2.38. The first-order valence-corrected chi connectivity index (χ1v) is 10.2. The van der Waals surface area contributed by atoms with Gasteiger partial charge in [-0.05, 0) is 42.0 Å². The molecule has 0 N–H and O–H groups in total. The Hall–Kier alpha value is -1.77. The van der Waals surface area contributed by atoms with Crippen LogP contribution in [0.4, 0.5) is 0 Å². The summed E-state index contributed by atoms with van der Waals surface area (Å²) in [6.45, 7) is 0.265. The summed E-state index contributed by atoms with van der Waals surface area (Å²) in [5, 5.41) is 1.78. The summed E-state index contributed by atoms with van der Waals surface area (Å²) in [5.41, 5.74) is 0.793. The van der Waals surface area contributed by atoms with E-state index in [0.29, 0.717) is 21.5 Å². The van der Waals surface area contributed by atoms with Gasteiger partial charge in [0, 0.05) is 12.6 Å². The SMILES string of the molecule is COc1cc(CN(C2CC2)S(=O)(=O)c2cccs2)cc(OC)c1OC. The molecule has 0 spiro atoms. The zero-order chi connectivity index (χ0) is 18.0. The van der Waals surface area contributed by atoms with E-state index in [4.69, 9.17) is 14.2 Å². The number of sulfonamides is 1. The minimum Gasteiger partial charge on any atom is -0.493 e. The highest BCUT2D eigenvalue weighted by molar-refractivity contribution is 7.91. The van der Waals surface area contributed by atoms with Gasteiger partial charge in [0.1, 0.15) is 4.21 Å². The minimum absolute atomic E-state index is 0.0474. The Balaban J connectivity index is 1.96. The molecule has 1 heterocycles. The fourth-order valence-electron chi connectivity index (χ4n) is 2.71. The van der Waals surface area contributed by atoms with E-state index >= 15 is 0 Å². The molecule has 0 radical (unpaired) electrons. The first kappa shape index (κ1) is 18.0. The summed E-state index contributed by atoms with van der Waals surface area (Å²) in [6, 6.07) is 7.03. The molecule has 1 aliphatic rings. The monoisotopic (exact) mass is 383 g/mol. The fraction of sp³-hybridized carbons (Fsp3) is 0.412. The van der Waals surface area contributed by atoms with Gasteiger partial charge in [-0.3, -0.25) is 0 Å². The summed E-state index contributed by atoms with van der Waals surface area (Å²) < 4.78 is 43.9. The van der Waals surface area contributed by atoms with Crippen LogP contribution in [0.25, 0.3) is 0 Å². The molecule has 25 heavy (non-hydrogen) atoms. The molecule has 2 aromatic rings. The molecule has 8 heteroatoms. The summed E-state index contributed by atoms with van der Waals surface area (Å²) in [4.78, 5) is 0. The van der Waals surface area contributed by atoms with Crippen molar-refractivity contribution in [3.63, 3.8) is 0 Å². The molecule has 6 nitrogen and oxygen atoms in total. The van der Waals surface area contributed by atoms with Gasteiger partial charge < -0.3 is 14.2 Å². The van der Waals surface area contributed by atoms with Gasteiger partial charge in [-0.25, -0.2) is 8.42 Å². The highest BCUT2D eigenvalue weighted by atomic mass is 32.2. The number of hydrogen-bond acceptors (Lipinski definition) is 6. The maximum atomic E-state index is 13.0. The number of methoxy groups -OCH3 is 3. The van der Waals surface area contributed by atoms with Crippen LogP contribution in [0, 0.1) is 0 Å². The average molecular weight is 383 g/mol. The molecule has 1 aromatic heterocycles. The molecular weight excluding hydrogens is 362 g/mol. The Morgan fingerprint density at radius 1 is 1.12 bits per heavy atom. The van der Waals surface area contributed by atoms with E-state index in [0.717, 1.165) is 18.4 Å². The van der Waals surface area contributed by atoms with Crippen LogP contribution in [0.5, 0.6) is 17.2 Å². The number of ether oxygens (including phenoxy) is 3. The molecule has 1 fully saturated rings. The van der Waals surface area contributed by atoms with Crippen molar-refractivity contribution in [2.24, 2.45) is 0 Å². The van der Waals surface area contributed by atoms with E-state index in [1.807, 2.05) is 0 Å². The Bertz CT molecular complexity index is 804. The molecule has 1 saturated carbocycles. The van der Waals surface area contributed by atoms with Gasteiger partial charge in [0.2, 0.25) is 5.75 Å². The van der Waals surface area contributed by atoms with E-state index in [1.54, 1.807) is 48.2 Å². The molecule has 1 aromatic carbocycles. The van der Waals surface area contributed by atoms with Crippen molar-refractivity contribution in [2.75, 3.05) is 21.3 Å². The molecule has 0 aliphatic heterocycles. The Morgan fingerprint density at radius 3 is 2.20 bits per heavy atom. The normalized spacial score (nSPS) is 14.6. The Labute approximate surface area is 152 Å². The topological polar surface area (TPSA) is 65.1 Å². The van der Waals surface area contributed by atoms with Crippen LogP contribution in [0.15, 0.2) is 33.9 Å². The highest BCUT2D eigenvalue weighted by Crippen LogP contribution is 2.40. The lowest BCUT2D eigenvalue weighted by Crippen LogP contribution is -2.32. The minimum atomic E-state index is -3.51. The first-order valence-electron chi connectivity index (χ1n) is 7.85. The molecule has 0 bridgehead atoms. The van der Waals surface area contributed by atoms with Crippen molar-refractivity contribution in [3.8, 4) is 17.2 Å². The molecule has 3 rings (SSSR count). The number of nitrogens with zero attached hydrogens (tertiary/aromatic N) is 1. The third kappa shape index (κ3) is 3.61. The first-order chi connectivity index (χ1) is 12.0.